The molecule has 1 saturated heterocycles. The Morgan fingerprint density at radius 2 is 2.07 bits per heavy atom. The van der Waals surface area contributed by atoms with Crippen LogP contribution in [0.25, 0.3) is 0 Å². The highest BCUT2D eigenvalue weighted by molar-refractivity contribution is 7.17. The minimum Gasteiger partial charge on any atom is -0.394 e. The van der Waals surface area contributed by atoms with Crippen molar-refractivity contribution in [2.75, 3.05) is 11.9 Å². The van der Waals surface area contributed by atoms with Gasteiger partial charge in [0.2, 0.25) is 5.78 Å². The number of hydrogen-bond acceptors (Lipinski definition) is 10. The van der Waals surface area contributed by atoms with Gasteiger partial charge in [-0.3, -0.25) is 14.9 Å². The highest BCUT2D eigenvalue weighted by Gasteiger charge is 2.36. The van der Waals surface area contributed by atoms with Crippen LogP contribution in [0.5, 0.6) is 0 Å². The maximum Gasteiger partial charge on any atom is 0.269 e. The number of aliphatic hydroxyl groups is 3. The summed E-state index contributed by atoms with van der Waals surface area (Å²) >= 11 is 1.06. The number of non-ortho nitro benzene ring substituents is 1. The number of hydrogen-bond donors (Lipinski definition) is 4. The van der Waals surface area contributed by atoms with Crippen molar-refractivity contribution < 1.29 is 29.8 Å². The first-order valence-electron chi connectivity index (χ1n) is 8.03. The number of aromatic nitrogens is 1. The van der Waals surface area contributed by atoms with E-state index in [1.807, 2.05) is 0 Å². The SMILES string of the molecule is O=C(c1ccc([N+](=O)[O-])cc1)c1cnc(N[C@@H]2C[C@@H](O)C(O)C(CO)O2)s1. The molecule has 0 bridgehead atoms. The molecule has 2 aromatic rings. The third-order valence-electron chi connectivity index (χ3n) is 4.10. The molecule has 144 valence electrons. The summed E-state index contributed by atoms with van der Waals surface area (Å²) in [5.41, 5.74) is 0.190. The van der Waals surface area contributed by atoms with Crippen LogP contribution >= 0.6 is 11.3 Å². The molecule has 0 amide bonds. The topological polar surface area (TPSA) is 155 Å². The second kappa shape index (κ2) is 8.06. The van der Waals surface area contributed by atoms with E-state index in [-0.39, 0.29) is 17.9 Å². The molecule has 11 heteroatoms. The Hall–Kier alpha value is -2.44. The van der Waals surface area contributed by atoms with Gasteiger partial charge in [0.15, 0.2) is 5.13 Å². The lowest BCUT2D eigenvalue weighted by Gasteiger charge is -2.36. The van der Waals surface area contributed by atoms with E-state index >= 15 is 0 Å². The fraction of sp³-hybridized carbons (Fsp3) is 0.375. The molecular formula is C16H17N3O7S. The fourth-order valence-electron chi connectivity index (χ4n) is 2.66. The third-order valence-corrected chi connectivity index (χ3v) is 5.03. The maximum absolute atomic E-state index is 12.5. The predicted octanol–water partition coefficient (Wildman–Crippen LogP) is 0.523. The zero-order chi connectivity index (χ0) is 19.6. The lowest BCUT2D eigenvalue weighted by atomic mass is 10.0. The number of carbonyl (C=O) groups is 1. The molecule has 0 saturated carbocycles. The van der Waals surface area contributed by atoms with Gasteiger partial charge >= 0.3 is 0 Å². The monoisotopic (exact) mass is 395 g/mol. The number of rotatable bonds is 6. The second-order valence-electron chi connectivity index (χ2n) is 5.95. The molecule has 4 N–H and O–H groups in total. The molecular weight excluding hydrogens is 378 g/mol. The molecule has 0 aliphatic carbocycles. The lowest BCUT2D eigenvalue weighted by Crippen LogP contribution is -2.51. The molecule has 1 aliphatic heterocycles. The molecule has 1 aromatic heterocycles. The highest BCUT2D eigenvalue weighted by Crippen LogP contribution is 2.26. The number of thiazole rings is 1. The number of carbonyl (C=O) groups excluding carboxylic acids is 1. The van der Waals surface area contributed by atoms with Crippen LogP contribution in [0.2, 0.25) is 0 Å². The summed E-state index contributed by atoms with van der Waals surface area (Å²) in [5.74, 6) is -0.330. The molecule has 2 unspecified atom stereocenters. The van der Waals surface area contributed by atoms with Crippen molar-refractivity contribution >= 4 is 27.9 Å². The van der Waals surface area contributed by atoms with Crippen LogP contribution in [0.4, 0.5) is 10.8 Å². The van der Waals surface area contributed by atoms with E-state index in [0.717, 1.165) is 11.3 Å². The molecule has 10 nitrogen and oxygen atoms in total. The fourth-order valence-corrected chi connectivity index (χ4v) is 3.48. The number of ether oxygens (including phenoxy) is 1. The van der Waals surface area contributed by atoms with Crippen molar-refractivity contribution in [1.82, 2.24) is 4.98 Å². The Kier molecular flexibility index (Phi) is 5.77. The van der Waals surface area contributed by atoms with Gasteiger partial charge in [-0.25, -0.2) is 4.98 Å². The smallest absolute Gasteiger partial charge is 0.269 e. The first-order valence-corrected chi connectivity index (χ1v) is 8.84. The van der Waals surface area contributed by atoms with Gasteiger partial charge in [0.1, 0.15) is 18.4 Å². The van der Waals surface area contributed by atoms with Crippen LogP contribution in [-0.2, 0) is 4.74 Å². The summed E-state index contributed by atoms with van der Waals surface area (Å²) < 4.78 is 5.46. The predicted molar refractivity (Wildman–Crippen MR) is 94.6 cm³/mol. The van der Waals surface area contributed by atoms with E-state index in [9.17, 15) is 30.2 Å². The van der Waals surface area contributed by atoms with Crippen LogP contribution in [0, 0.1) is 10.1 Å². The van der Waals surface area contributed by atoms with Gasteiger partial charge in [0.05, 0.1) is 28.7 Å². The quantitative estimate of drug-likeness (QED) is 0.311. The normalized spacial score (nSPS) is 25.1. The molecule has 4 atom stereocenters. The molecule has 3 rings (SSSR count). The lowest BCUT2D eigenvalue weighted by molar-refractivity contribution is -0.384. The van der Waals surface area contributed by atoms with E-state index in [1.165, 1.54) is 30.5 Å². The van der Waals surface area contributed by atoms with Gasteiger partial charge in [-0.1, -0.05) is 11.3 Å². The first-order chi connectivity index (χ1) is 12.9. The van der Waals surface area contributed by atoms with E-state index < -0.39 is 36.1 Å². The summed E-state index contributed by atoms with van der Waals surface area (Å²) in [5, 5.41) is 42.7. The van der Waals surface area contributed by atoms with Crippen molar-refractivity contribution in [2.45, 2.75) is 31.0 Å². The van der Waals surface area contributed by atoms with Gasteiger partial charge in [-0.15, -0.1) is 0 Å². The zero-order valence-electron chi connectivity index (χ0n) is 13.9. The average molecular weight is 395 g/mol. The zero-order valence-corrected chi connectivity index (χ0v) is 14.7. The Morgan fingerprint density at radius 3 is 2.70 bits per heavy atom. The molecule has 1 aliphatic rings. The number of nitrogens with zero attached hydrogens (tertiary/aromatic N) is 2. The summed E-state index contributed by atoms with van der Waals surface area (Å²) in [7, 11) is 0. The maximum atomic E-state index is 12.5. The van der Waals surface area contributed by atoms with Crippen molar-refractivity contribution in [1.29, 1.82) is 0 Å². The van der Waals surface area contributed by atoms with E-state index in [0.29, 0.717) is 15.6 Å². The Morgan fingerprint density at radius 1 is 1.37 bits per heavy atom. The summed E-state index contributed by atoms with van der Waals surface area (Å²) in [4.78, 5) is 27.0. The van der Waals surface area contributed by atoms with Crippen LogP contribution in [0.3, 0.4) is 0 Å². The van der Waals surface area contributed by atoms with Gasteiger partial charge in [-0.05, 0) is 12.1 Å². The van der Waals surface area contributed by atoms with E-state index in [4.69, 9.17) is 4.74 Å². The number of nitro groups is 1. The number of nitrogens with one attached hydrogen (secondary N) is 1. The highest BCUT2D eigenvalue weighted by atomic mass is 32.1. The first kappa shape index (κ1) is 19.3. The summed E-state index contributed by atoms with van der Waals surface area (Å²) in [6.45, 7) is -0.446. The number of nitro benzene ring substituents is 1. The molecule has 27 heavy (non-hydrogen) atoms. The Balaban J connectivity index is 1.67. The minimum atomic E-state index is -1.18. The number of anilines is 1. The molecule has 1 fully saturated rings. The van der Waals surface area contributed by atoms with E-state index in [2.05, 4.69) is 10.3 Å². The molecule has 0 radical (unpaired) electrons. The van der Waals surface area contributed by atoms with Crippen LogP contribution in [0.15, 0.2) is 30.5 Å². The third kappa shape index (κ3) is 4.28. The van der Waals surface area contributed by atoms with Crippen LogP contribution in [-0.4, -0.2) is 62.2 Å². The second-order valence-corrected chi connectivity index (χ2v) is 6.98. The van der Waals surface area contributed by atoms with Gasteiger partial charge in [-0.2, -0.15) is 0 Å². The number of ketones is 1. The van der Waals surface area contributed by atoms with Gasteiger partial charge in [0.25, 0.3) is 5.69 Å². The minimum absolute atomic E-state index is 0.0862. The van der Waals surface area contributed by atoms with Crippen LogP contribution in [0.1, 0.15) is 21.7 Å². The average Bonchev–Trinajstić information content (AvgIpc) is 3.12. The van der Waals surface area contributed by atoms with Crippen molar-refractivity contribution in [2.24, 2.45) is 0 Å². The standard InChI is InChI=1S/C16H17N3O7S/c20-7-11-15(23)10(21)5-13(26-11)18-16-17-6-12(27-16)14(22)8-1-3-9(4-2-8)19(24)25/h1-4,6,10-11,13,15,20-21,23H,5,7H2,(H,17,18)/t10-,11?,13+,15?/m1/s1. The molecule has 2 heterocycles. The van der Waals surface area contributed by atoms with Crippen LogP contribution < -0.4 is 5.32 Å². The number of benzene rings is 1. The van der Waals surface area contributed by atoms with Gasteiger partial charge < -0.3 is 25.4 Å². The number of aliphatic hydroxyl groups excluding tert-OH is 3. The van der Waals surface area contributed by atoms with Crippen molar-refractivity contribution in [3.05, 3.63) is 51.0 Å². The molecule has 0 spiro atoms. The summed E-state index contributed by atoms with van der Waals surface area (Å²) in [6.07, 6.45) is -2.39. The summed E-state index contributed by atoms with van der Waals surface area (Å²) in [6, 6.07) is 5.26. The Labute approximate surface area is 157 Å². The van der Waals surface area contributed by atoms with Crippen molar-refractivity contribution in [3.63, 3.8) is 0 Å². The van der Waals surface area contributed by atoms with Gasteiger partial charge in [0, 0.05) is 24.1 Å². The largest absolute Gasteiger partial charge is 0.394 e. The Bertz CT molecular complexity index is 826. The van der Waals surface area contributed by atoms with Crippen molar-refractivity contribution in [3.8, 4) is 0 Å². The van der Waals surface area contributed by atoms with E-state index in [1.54, 1.807) is 0 Å². The molecule has 1 aromatic carbocycles.